The van der Waals surface area contributed by atoms with Gasteiger partial charge < -0.3 is 18.9 Å². The van der Waals surface area contributed by atoms with Crippen LogP contribution in [0.1, 0.15) is 24.0 Å². The number of aromatic nitrogens is 1. The topological polar surface area (TPSA) is 84.0 Å². The zero-order chi connectivity index (χ0) is 14.8. The molecule has 0 saturated carbocycles. The Morgan fingerprint density at radius 3 is 1.80 bits per heavy atom. The van der Waals surface area contributed by atoms with Gasteiger partial charge in [0.25, 0.3) is 12.9 Å². The molecule has 0 fully saturated rings. The first-order valence-corrected chi connectivity index (χ1v) is 6.34. The van der Waals surface area contributed by atoms with E-state index in [1.807, 2.05) is 0 Å². The standard InChI is InChI=1S/C11H11Cl2NO6/c12-4-17-10(19-6-15)8-2-1-3-9(14-8)11(18-5-13)20-7-16/h1-3,6-7,10-11H,4-5H2. The van der Waals surface area contributed by atoms with Crippen molar-refractivity contribution < 1.29 is 28.5 Å². The average Bonchev–Trinajstić information content (AvgIpc) is 2.47. The number of carbonyl (C=O) groups excluding carboxylic acids is 2. The highest BCUT2D eigenvalue weighted by molar-refractivity contribution is 6.17. The molecule has 0 bridgehead atoms. The Morgan fingerprint density at radius 1 is 1.00 bits per heavy atom. The van der Waals surface area contributed by atoms with Crippen LogP contribution in [0, 0.1) is 0 Å². The summed E-state index contributed by atoms with van der Waals surface area (Å²) in [6, 6.07) is 4.29. The first kappa shape index (κ1) is 16.6. The molecule has 2 unspecified atom stereocenters. The van der Waals surface area contributed by atoms with Gasteiger partial charge in [-0.3, -0.25) is 9.59 Å². The first-order chi connectivity index (χ1) is 9.76. The second kappa shape index (κ2) is 9.49. The summed E-state index contributed by atoms with van der Waals surface area (Å²) in [6.07, 6.45) is -2.14. The molecule has 0 spiro atoms. The third-order valence-corrected chi connectivity index (χ3v) is 2.31. The normalized spacial score (nSPS) is 13.3. The molecule has 7 nitrogen and oxygen atoms in total. The molecule has 2 atom stereocenters. The molecule has 0 N–H and O–H groups in total. The number of hydrogen-bond donors (Lipinski definition) is 0. The molecule has 0 radical (unpaired) electrons. The van der Waals surface area contributed by atoms with E-state index in [-0.39, 0.29) is 36.5 Å². The summed E-state index contributed by atoms with van der Waals surface area (Å²) in [5.74, 6) is 0. The monoisotopic (exact) mass is 323 g/mol. The van der Waals surface area contributed by atoms with Crippen molar-refractivity contribution in [1.29, 1.82) is 0 Å². The van der Waals surface area contributed by atoms with Gasteiger partial charge in [0.2, 0.25) is 12.6 Å². The number of halogens is 2. The molecular formula is C11H11Cl2NO6. The van der Waals surface area contributed by atoms with Gasteiger partial charge in [-0.25, -0.2) is 4.98 Å². The van der Waals surface area contributed by atoms with Crippen molar-refractivity contribution in [1.82, 2.24) is 4.98 Å². The molecule has 0 amide bonds. The van der Waals surface area contributed by atoms with Crippen LogP contribution in [-0.2, 0) is 28.5 Å². The number of rotatable bonds is 10. The van der Waals surface area contributed by atoms with E-state index in [2.05, 4.69) is 4.98 Å². The van der Waals surface area contributed by atoms with Gasteiger partial charge in [-0.15, -0.1) is 0 Å². The van der Waals surface area contributed by atoms with E-state index in [0.717, 1.165) is 0 Å². The number of hydrogen-bond acceptors (Lipinski definition) is 7. The second-order valence-corrected chi connectivity index (χ2v) is 3.60. The van der Waals surface area contributed by atoms with Crippen LogP contribution in [0.3, 0.4) is 0 Å². The zero-order valence-corrected chi connectivity index (χ0v) is 11.6. The number of ether oxygens (including phenoxy) is 4. The molecule has 1 aromatic heterocycles. The second-order valence-electron chi connectivity index (χ2n) is 3.17. The SMILES string of the molecule is O=COC(OCCl)c1cccc(C(OC=O)OCCl)n1. The van der Waals surface area contributed by atoms with Crippen LogP contribution >= 0.6 is 23.2 Å². The lowest BCUT2D eigenvalue weighted by Gasteiger charge is -2.17. The molecule has 1 heterocycles. The molecule has 1 rings (SSSR count). The molecule has 0 saturated heterocycles. The van der Waals surface area contributed by atoms with Crippen molar-refractivity contribution in [2.24, 2.45) is 0 Å². The van der Waals surface area contributed by atoms with Gasteiger partial charge in [-0.1, -0.05) is 29.3 Å². The predicted octanol–water partition coefficient (Wildman–Crippen LogP) is 1.85. The number of carbonyl (C=O) groups is 2. The van der Waals surface area contributed by atoms with Crippen LogP contribution in [0.25, 0.3) is 0 Å². The maximum atomic E-state index is 10.4. The Kier molecular flexibility index (Phi) is 7.89. The fraction of sp³-hybridized carbons (Fsp3) is 0.364. The Balaban J connectivity index is 2.96. The quantitative estimate of drug-likeness (QED) is 0.369. The van der Waals surface area contributed by atoms with Crippen molar-refractivity contribution in [2.45, 2.75) is 12.6 Å². The molecule has 20 heavy (non-hydrogen) atoms. The van der Waals surface area contributed by atoms with Crippen LogP contribution in [0.5, 0.6) is 0 Å². The minimum atomic E-state index is -1.07. The number of nitrogens with zero attached hydrogens (tertiary/aromatic N) is 1. The van der Waals surface area contributed by atoms with E-state index in [1.54, 1.807) is 18.2 Å². The highest BCUT2D eigenvalue weighted by Gasteiger charge is 2.19. The summed E-state index contributed by atoms with van der Waals surface area (Å²) >= 11 is 10.8. The van der Waals surface area contributed by atoms with Crippen LogP contribution in [-0.4, -0.2) is 30.1 Å². The Hall–Kier alpha value is -1.41. The summed E-state index contributed by atoms with van der Waals surface area (Å²) in [5.41, 5.74) is 0.515. The molecule has 0 aliphatic carbocycles. The molecule has 9 heteroatoms. The van der Waals surface area contributed by atoms with Crippen molar-refractivity contribution in [2.75, 3.05) is 12.1 Å². The van der Waals surface area contributed by atoms with E-state index in [1.165, 1.54) is 0 Å². The summed E-state index contributed by atoms with van der Waals surface area (Å²) in [5, 5.41) is 0. The minimum absolute atomic E-state index is 0.198. The molecule has 0 aromatic carbocycles. The molecular weight excluding hydrogens is 313 g/mol. The maximum Gasteiger partial charge on any atom is 0.295 e. The van der Waals surface area contributed by atoms with Crippen LogP contribution < -0.4 is 0 Å². The lowest BCUT2D eigenvalue weighted by atomic mass is 10.3. The van der Waals surface area contributed by atoms with E-state index in [0.29, 0.717) is 0 Å². The van der Waals surface area contributed by atoms with Crippen molar-refractivity contribution in [3.8, 4) is 0 Å². The van der Waals surface area contributed by atoms with Crippen molar-refractivity contribution in [3.63, 3.8) is 0 Å². The fourth-order valence-electron chi connectivity index (χ4n) is 1.34. The van der Waals surface area contributed by atoms with Gasteiger partial charge in [0.1, 0.15) is 23.5 Å². The van der Waals surface area contributed by atoms with E-state index in [9.17, 15) is 9.59 Å². The highest BCUT2D eigenvalue weighted by Crippen LogP contribution is 2.21. The number of pyridine rings is 1. The smallest absolute Gasteiger partial charge is 0.295 e. The average molecular weight is 324 g/mol. The Bertz CT molecular complexity index is 398. The number of alkyl halides is 2. The largest absolute Gasteiger partial charge is 0.432 e. The lowest BCUT2D eigenvalue weighted by molar-refractivity contribution is -0.163. The molecule has 1 aromatic rings. The van der Waals surface area contributed by atoms with Crippen molar-refractivity contribution in [3.05, 3.63) is 29.6 Å². The summed E-state index contributed by atoms with van der Waals surface area (Å²) in [4.78, 5) is 24.9. The zero-order valence-electron chi connectivity index (χ0n) is 10.1. The Morgan fingerprint density at radius 2 is 1.45 bits per heavy atom. The lowest BCUT2D eigenvalue weighted by Crippen LogP contribution is -2.14. The Labute approximate surface area is 124 Å². The van der Waals surface area contributed by atoms with Crippen LogP contribution in [0.2, 0.25) is 0 Å². The summed E-state index contributed by atoms with van der Waals surface area (Å²) < 4.78 is 19.4. The van der Waals surface area contributed by atoms with Crippen molar-refractivity contribution >= 4 is 36.1 Å². The van der Waals surface area contributed by atoms with Gasteiger partial charge in [0.15, 0.2) is 0 Å². The highest BCUT2D eigenvalue weighted by atomic mass is 35.5. The van der Waals surface area contributed by atoms with Gasteiger partial charge >= 0.3 is 0 Å². The van der Waals surface area contributed by atoms with E-state index >= 15 is 0 Å². The fourth-order valence-corrected chi connectivity index (χ4v) is 1.56. The van der Waals surface area contributed by atoms with E-state index < -0.39 is 12.6 Å². The third-order valence-electron chi connectivity index (χ3n) is 2.06. The van der Waals surface area contributed by atoms with Gasteiger partial charge in [-0.2, -0.15) is 0 Å². The van der Waals surface area contributed by atoms with Crippen LogP contribution in [0.15, 0.2) is 18.2 Å². The van der Waals surface area contributed by atoms with Gasteiger partial charge in [0.05, 0.1) is 0 Å². The molecule has 0 aliphatic rings. The summed E-state index contributed by atoms with van der Waals surface area (Å²) in [6.45, 7) is 0.417. The van der Waals surface area contributed by atoms with Gasteiger partial charge in [0, 0.05) is 0 Å². The maximum absolute atomic E-state index is 10.4. The van der Waals surface area contributed by atoms with Gasteiger partial charge in [-0.05, 0) is 12.1 Å². The molecule has 110 valence electrons. The van der Waals surface area contributed by atoms with E-state index in [4.69, 9.17) is 42.1 Å². The van der Waals surface area contributed by atoms with Crippen LogP contribution in [0.4, 0.5) is 0 Å². The third kappa shape index (κ3) is 4.93. The first-order valence-electron chi connectivity index (χ1n) is 5.27. The minimum Gasteiger partial charge on any atom is -0.432 e. The summed E-state index contributed by atoms with van der Waals surface area (Å²) in [7, 11) is 0. The molecule has 0 aliphatic heterocycles. The predicted molar refractivity (Wildman–Crippen MR) is 67.6 cm³/mol.